The highest BCUT2D eigenvalue weighted by Crippen LogP contribution is 2.24. The third kappa shape index (κ3) is 2.13. The Kier molecular flexibility index (Phi) is 2.83. The third-order valence-electron chi connectivity index (χ3n) is 3.22. The number of aryl methyl sites for hydroxylation is 2. The van der Waals surface area contributed by atoms with Gasteiger partial charge in [0, 0.05) is 17.9 Å². The summed E-state index contributed by atoms with van der Waals surface area (Å²) in [5.74, 6) is 1.61. The highest BCUT2D eigenvalue weighted by atomic mass is 15.0. The molecule has 2 aromatic heterocycles. The van der Waals surface area contributed by atoms with Crippen LogP contribution in [-0.4, -0.2) is 26.5 Å². The van der Waals surface area contributed by atoms with E-state index in [4.69, 9.17) is 0 Å². The van der Waals surface area contributed by atoms with Crippen LogP contribution in [0.4, 0.5) is 0 Å². The lowest BCUT2D eigenvalue weighted by Gasteiger charge is -2.11. The number of hydrogen-bond acceptors (Lipinski definition) is 4. The van der Waals surface area contributed by atoms with E-state index in [1.807, 2.05) is 26.1 Å². The molecule has 1 saturated heterocycles. The van der Waals surface area contributed by atoms with Crippen molar-refractivity contribution in [1.82, 2.24) is 25.3 Å². The summed E-state index contributed by atoms with van der Waals surface area (Å²) in [5, 5.41) is 3.46. The molecule has 0 bridgehead atoms. The average Bonchev–Trinajstić information content (AvgIpc) is 2.98. The number of rotatable bonds is 2. The molecule has 1 unspecified atom stereocenters. The van der Waals surface area contributed by atoms with Crippen LogP contribution in [0.25, 0.3) is 11.5 Å². The smallest absolute Gasteiger partial charge is 0.156 e. The number of H-pyrrole nitrogens is 1. The maximum Gasteiger partial charge on any atom is 0.156 e. The fourth-order valence-electron chi connectivity index (χ4n) is 2.37. The molecule has 1 fully saturated rings. The molecule has 5 heteroatoms. The molecular weight excluding hydrogens is 226 g/mol. The molecule has 0 amide bonds. The van der Waals surface area contributed by atoms with E-state index in [0.717, 1.165) is 41.7 Å². The van der Waals surface area contributed by atoms with E-state index in [1.54, 1.807) is 0 Å². The number of nitrogens with one attached hydrogen (secondary N) is 2. The van der Waals surface area contributed by atoms with E-state index < -0.39 is 0 Å². The van der Waals surface area contributed by atoms with Crippen LogP contribution in [-0.2, 0) is 0 Å². The minimum atomic E-state index is 0.363. The first-order valence-corrected chi connectivity index (χ1v) is 6.33. The maximum absolute atomic E-state index is 4.53. The van der Waals surface area contributed by atoms with Gasteiger partial charge in [-0.05, 0) is 39.3 Å². The molecule has 2 N–H and O–H groups in total. The van der Waals surface area contributed by atoms with Gasteiger partial charge in [-0.25, -0.2) is 15.0 Å². The monoisotopic (exact) mass is 243 g/mol. The largest absolute Gasteiger partial charge is 0.341 e. The normalized spacial score (nSPS) is 19.3. The summed E-state index contributed by atoms with van der Waals surface area (Å²) in [6.45, 7) is 4.99. The van der Waals surface area contributed by atoms with Crippen LogP contribution in [0.1, 0.15) is 36.1 Å². The number of nitrogens with zero attached hydrogens (tertiary/aromatic N) is 3. The van der Waals surface area contributed by atoms with Crippen LogP contribution in [0.15, 0.2) is 12.3 Å². The summed E-state index contributed by atoms with van der Waals surface area (Å²) in [6, 6.07) is 2.40. The average molecular weight is 243 g/mol. The summed E-state index contributed by atoms with van der Waals surface area (Å²) in [4.78, 5) is 16.5. The summed E-state index contributed by atoms with van der Waals surface area (Å²) in [6.07, 6.45) is 4.18. The van der Waals surface area contributed by atoms with Crippen molar-refractivity contribution in [2.75, 3.05) is 6.54 Å². The first-order valence-electron chi connectivity index (χ1n) is 6.33. The molecule has 1 aliphatic rings. The molecule has 0 spiro atoms. The van der Waals surface area contributed by atoms with Crippen molar-refractivity contribution in [2.24, 2.45) is 0 Å². The molecular formula is C13H17N5. The Morgan fingerprint density at radius 3 is 2.83 bits per heavy atom. The summed E-state index contributed by atoms with van der Waals surface area (Å²) in [7, 11) is 0. The van der Waals surface area contributed by atoms with Crippen molar-refractivity contribution >= 4 is 0 Å². The minimum absolute atomic E-state index is 0.363. The van der Waals surface area contributed by atoms with Crippen molar-refractivity contribution in [3.8, 4) is 11.5 Å². The topological polar surface area (TPSA) is 66.5 Å². The van der Waals surface area contributed by atoms with Gasteiger partial charge in [-0.3, -0.25) is 0 Å². The predicted octanol–water partition coefficient (Wildman–Crippen LogP) is 1.91. The van der Waals surface area contributed by atoms with Crippen LogP contribution < -0.4 is 5.32 Å². The second-order valence-corrected chi connectivity index (χ2v) is 4.79. The van der Waals surface area contributed by atoms with Crippen molar-refractivity contribution < 1.29 is 0 Å². The van der Waals surface area contributed by atoms with Crippen LogP contribution in [0.5, 0.6) is 0 Å². The summed E-state index contributed by atoms with van der Waals surface area (Å²) >= 11 is 0. The lowest BCUT2D eigenvalue weighted by molar-refractivity contribution is 0.623. The summed E-state index contributed by atoms with van der Waals surface area (Å²) in [5.41, 5.74) is 2.99. The molecule has 1 atom stereocenters. The molecule has 2 aromatic rings. The first-order chi connectivity index (χ1) is 8.72. The zero-order valence-electron chi connectivity index (χ0n) is 10.7. The molecule has 3 heterocycles. The Balaban J connectivity index is 1.99. The predicted molar refractivity (Wildman–Crippen MR) is 69.1 cm³/mol. The van der Waals surface area contributed by atoms with E-state index in [-0.39, 0.29) is 0 Å². The third-order valence-corrected chi connectivity index (χ3v) is 3.22. The zero-order valence-corrected chi connectivity index (χ0v) is 10.7. The van der Waals surface area contributed by atoms with Crippen molar-refractivity contribution in [2.45, 2.75) is 32.7 Å². The Morgan fingerprint density at radius 2 is 2.17 bits per heavy atom. The van der Waals surface area contributed by atoms with Gasteiger partial charge in [0.2, 0.25) is 0 Å². The van der Waals surface area contributed by atoms with E-state index >= 15 is 0 Å². The quantitative estimate of drug-likeness (QED) is 0.845. The molecule has 0 radical (unpaired) electrons. The molecule has 0 saturated carbocycles. The molecule has 0 aliphatic carbocycles. The van der Waals surface area contributed by atoms with E-state index in [1.165, 1.54) is 6.42 Å². The summed E-state index contributed by atoms with van der Waals surface area (Å²) < 4.78 is 0. The van der Waals surface area contributed by atoms with Gasteiger partial charge in [0.1, 0.15) is 11.5 Å². The molecule has 0 aromatic carbocycles. The van der Waals surface area contributed by atoms with E-state index in [0.29, 0.717) is 6.04 Å². The van der Waals surface area contributed by atoms with Crippen LogP contribution in [0.2, 0.25) is 0 Å². The highest BCUT2D eigenvalue weighted by molar-refractivity contribution is 5.50. The lowest BCUT2D eigenvalue weighted by atomic mass is 10.1. The SMILES string of the molecule is Cc1nc(-c2ncc(C)[nH]2)cc(C2CCCN2)n1. The number of imidazole rings is 1. The van der Waals surface area contributed by atoms with Gasteiger partial charge >= 0.3 is 0 Å². The Bertz CT molecular complexity index is 554. The number of hydrogen-bond donors (Lipinski definition) is 2. The number of aromatic amines is 1. The molecule has 5 nitrogen and oxygen atoms in total. The Hall–Kier alpha value is -1.75. The van der Waals surface area contributed by atoms with Gasteiger partial charge in [-0.1, -0.05) is 0 Å². The second kappa shape index (κ2) is 4.49. The number of aromatic nitrogens is 4. The fourth-order valence-corrected chi connectivity index (χ4v) is 2.37. The van der Waals surface area contributed by atoms with Crippen LogP contribution >= 0.6 is 0 Å². The Labute approximate surface area is 106 Å². The van der Waals surface area contributed by atoms with Gasteiger partial charge < -0.3 is 10.3 Å². The molecule has 1 aliphatic heterocycles. The zero-order chi connectivity index (χ0) is 12.5. The van der Waals surface area contributed by atoms with Crippen LogP contribution in [0, 0.1) is 13.8 Å². The highest BCUT2D eigenvalue weighted by Gasteiger charge is 2.19. The van der Waals surface area contributed by atoms with Gasteiger partial charge in [0.05, 0.1) is 5.69 Å². The van der Waals surface area contributed by atoms with Gasteiger partial charge in [0.15, 0.2) is 5.82 Å². The van der Waals surface area contributed by atoms with Crippen LogP contribution in [0.3, 0.4) is 0 Å². The van der Waals surface area contributed by atoms with Crippen molar-refractivity contribution in [3.05, 3.63) is 29.5 Å². The molecule has 94 valence electrons. The lowest BCUT2D eigenvalue weighted by Crippen LogP contribution is -2.15. The maximum atomic E-state index is 4.53. The standard InChI is InChI=1S/C13H17N5/c1-8-7-15-13(16-8)12-6-11(17-9(2)18-12)10-4-3-5-14-10/h6-7,10,14H,3-5H2,1-2H3,(H,15,16). The fraction of sp³-hybridized carbons (Fsp3) is 0.462. The Morgan fingerprint density at radius 1 is 1.28 bits per heavy atom. The second-order valence-electron chi connectivity index (χ2n) is 4.79. The van der Waals surface area contributed by atoms with E-state index in [9.17, 15) is 0 Å². The molecule has 18 heavy (non-hydrogen) atoms. The molecule has 3 rings (SSSR count). The van der Waals surface area contributed by atoms with Gasteiger partial charge in [0.25, 0.3) is 0 Å². The van der Waals surface area contributed by atoms with Crippen molar-refractivity contribution in [1.29, 1.82) is 0 Å². The first kappa shape index (κ1) is 11.3. The minimum Gasteiger partial charge on any atom is -0.341 e. The van der Waals surface area contributed by atoms with Gasteiger partial charge in [-0.2, -0.15) is 0 Å². The van der Waals surface area contributed by atoms with Gasteiger partial charge in [-0.15, -0.1) is 0 Å². The van der Waals surface area contributed by atoms with E-state index in [2.05, 4.69) is 25.3 Å². The van der Waals surface area contributed by atoms with Crippen molar-refractivity contribution in [3.63, 3.8) is 0 Å².